The number of nitrogens with zero attached hydrogens (tertiary/aromatic N) is 1. The maximum atomic E-state index is 10.5. The first-order valence-electron chi connectivity index (χ1n) is 3.23. The molecule has 3 N–H and O–H groups in total. The number of nitrogens with one attached hydrogen (secondary N) is 2. The third-order valence-corrected chi connectivity index (χ3v) is 1.10. The Kier molecular flexibility index (Phi) is 2.62. The molecule has 1 aromatic heterocycles. The molecule has 5 heteroatoms. The molecule has 0 saturated carbocycles. The molecule has 0 aliphatic heterocycles. The third-order valence-electron chi connectivity index (χ3n) is 1.10. The molecule has 1 rings (SSSR count). The van der Waals surface area contributed by atoms with Gasteiger partial charge in [-0.15, -0.1) is 0 Å². The van der Waals surface area contributed by atoms with Crippen molar-refractivity contribution in [1.29, 1.82) is 0 Å². The van der Waals surface area contributed by atoms with Crippen molar-refractivity contribution in [1.82, 2.24) is 10.2 Å². The van der Waals surface area contributed by atoms with Gasteiger partial charge in [-0.05, 0) is 6.07 Å². The molecule has 1 heterocycles. The van der Waals surface area contributed by atoms with Crippen LogP contribution in [-0.2, 0) is 0 Å². The van der Waals surface area contributed by atoms with Gasteiger partial charge < -0.3 is 10.4 Å². The minimum absolute atomic E-state index is 0.0425. The lowest BCUT2D eigenvalue weighted by Crippen LogP contribution is -2.11. The summed E-state index contributed by atoms with van der Waals surface area (Å²) in [6.45, 7) is 0.472. The highest BCUT2D eigenvalue weighted by atomic mass is 16.3. The summed E-state index contributed by atoms with van der Waals surface area (Å²) in [4.78, 5) is 10.5. The minimum Gasteiger partial charge on any atom is -0.395 e. The van der Waals surface area contributed by atoms with Gasteiger partial charge in [-0.25, -0.2) is 5.10 Å². The molecule has 0 aliphatic rings. The van der Waals surface area contributed by atoms with Gasteiger partial charge in [-0.3, -0.25) is 4.79 Å². The molecule has 5 nitrogen and oxygen atoms in total. The lowest BCUT2D eigenvalue weighted by Gasteiger charge is -1.99. The maximum absolute atomic E-state index is 10.5. The van der Waals surface area contributed by atoms with Gasteiger partial charge in [0.2, 0.25) is 0 Å². The van der Waals surface area contributed by atoms with Crippen LogP contribution in [0.25, 0.3) is 0 Å². The van der Waals surface area contributed by atoms with Crippen LogP contribution in [0.3, 0.4) is 0 Å². The molecule has 0 aliphatic carbocycles. The molecular weight excluding hydrogens is 146 g/mol. The van der Waals surface area contributed by atoms with E-state index in [-0.39, 0.29) is 12.2 Å². The molecule has 0 fully saturated rings. The van der Waals surface area contributed by atoms with Gasteiger partial charge in [0.05, 0.1) is 6.61 Å². The second-order valence-corrected chi connectivity index (χ2v) is 1.96. The van der Waals surface area contributed by atoms with Crippen LogP contribution in [0.2, 0.25) is 0 Å². The summed E-state index contributed by atoms with van der Waals surface area (Å²) < 4.78 is 0. The molecule has 60 valence electrons. The number of hydrogen-bond acceptors (Lipinski definition) is 4. The van der Waals surface area contributed by atoms with Crippen molar-refractivity contribution in [2.45, 2.75) is 0 Å². The number of H-pyrrole nitrogens is 1. The van der Waals surface area contributed by atoms with E-state index in [1.54, 1.807) is 6.07 Å². The van der Waals surface area contributed by atoms with Crippen LogP contribution in [-0.4, -0.2) is 28.5 Å². The van der Waals surface area contributed by atoms with Gasteiger partial charge >= 0.3 is 0 Å². The Morgan fingerprint density at radius 1 is 1.64 bits per heavy atom. The van der Waals surface area contributed by atoms with E-state index in [1.807, 2.05) is 0 Å². The number of hydrogen-bond donors (Lipinski definition) is 3. The summed E-state index contributed by atoms with van der Waals surface area (Å²) in [5, 5.41) is 17.1. The number of aliphatic hydroxyl groups is 1. The number of aromatic nitrogens is 2. The summed E-state index contributed by atoms with van der Waals surface area (Å²) >= 11 is 0. The van der Waals surface area contributed by atoms with Crippen molar-refractivity contribution < 1.29 is 5.11 Å². The Morgan fingerprint density at radius 2 is 2.45 bits per heavy atom. The highest BCUT2D eigenvalue weighted by Gasteiger charge is 1.89. The Hall–Kier alpha value is -1.36. The third kappa shape index (κ3) is 2.38. The fourth-order valence-electron chi connectivity index (χ4n) is 0.627. The summed E-state index contributed by atoms with van der Waals surface area (Å²) in [7, 11) is 0. The van der Waals surface area contributed by atoms with E-state index in [4.69, 9.17) is 5.11 Å². The Balaban J connectivity index is 2.59. The summed E-state index contributed by atoms with van der Waals surface area (Å²) in [5.74, 6) is 0.554. The standard InChI is InChI=1S/C6H9N3O2/c10-4-3-7-5-1-2-6(11)9-8-5/h1-2,10H,3-4H2,(H,7,8)(H,9,11). The number of rotatable bonds is 3. The van der Waals surface area contributed by atoms with Gasteiger partial charge in [-0.2, -0.15) is 5.10 Å². The highest BCUT2D eigenvalue weighted by Crippen LogP contribution is 1.93. The van der Waals surface area contributed by atoms with Crippen molar-refractivity contribution >= 4 is 5.82 Å². The molecular formula is C6H9N3O2. The number of aliphatic hydroxyl groups excluding tert-OH is 1. The quantitative estimate of drug-likeness (QED) is 0.532. The van der Waals surface area contributed by atoms with Crippen LogP contribution in [0.1, 0.15) is 0 Å². The molecule has 0 bridgehead atoms. The zero-order chi connectivity index (χ0) is 8.10. The second-order valence-electron chi connectivity index (χ2n) is 1.96. The summed E-state index contributed by atoms with van der Waals surface area (Å²) in [5.41, 5.74) is -0.237. The van der Waals surface area contributed by atoms with Gasteiger partial charge in [0.1, 0.15) is 5.82 Å². The predicted molar refractivity (Wildman–Crippen MR) is 40.4 cm³/mol. The first-order valence-corrected chi connectivity index (χ1v) is 3.23. The molecule has 0 unspecified atom stereocenters. The average Bonchev–Trinajstić information content (AvgIpc) is 2.04. The van der Waals surface area contributed by atoms with Crippen LogP contribution in [0.4, 0.5) is 5.82 Å². The van der Waals surface area contributed by atoms with Gasteiger partial charge in [0.25, 0.3) is 5.56 Å². The fourth-order valence-corrected chi connectivity index (χ4v) is 0.627. The zero-order valence-corrected chi connectivity index (χ0v) is 5.87. The largest absolute Gasteiger partial charge is 0.395 e. The average molecular weight is 155 g/mol. The van der Waals surface area contributed by atoms with E-state index in [0.717, 1.165) is 0 Å². The zero-order valence-electron chi connectivity index (χ0n) is 5.87. The van der Waals surface area contributed by atoms with Crippen molar-refractivity contribution in [2.75, 3.05) is 18.5 Å². The monoisotopic (exact) mass is 155 g/mol. The summed E-state index contributed by atoms with van der Waals surface area (Å²) in [6, 6.07) is 2.92. The van der Waals surface area contributed by atoms with Gasteiger partial charge in [0.15, 0.2) is 0 Å². The summed E-state index contributed by atoms with van der Waals surface area (Å²) in [6.07, 6.45) is 0. The van der Waals surface area contributed by atoms with E-state index < -0.39 is 0 Å². The molecule has 0 atom stereocenters. The van der Waals surface area contributed by atoms with Crippen molar-refractivity contribution in [3.63, 3.8) is 0 Å². The number of anilines is 1. The van der Waals surface area contributed by atoms with Crippen LogP contribution < -0.4 is 10.9 Å². The van der Waals surface area contributed by atoms with E-state index in [9.17, 15) is 4.79 Å². The first-order chi connectivity index (χ1) is 5.33. The van der Waals surface area contributed by atoms with E-state index in [1.165, 1.54) is 6.07 Å². The highest BCUT2D eigenvalue weighted by molar-refractivity contribution is 5.30. The minimum atomic E-state index is -0.237. The Morgan fingerprint density at radius 3 is 3.00 bits per heavy atom. The molecule has 0 radical (unpaired) electrons. The molecule has 0 saturated heterocycles. The van der Waals surface area contributed by atoms with Crippen molar-refractivity contribution in [2.24, 2.45) is 0 Å². The smallest absolute Gasteiger partial charge is 0.264 e. The number of aromatic amines is 1. The van der Waals surface area contributed by atoms with Crippen LogP contribution in [0, 0.1) is 0 Å². The van der Waals surface area contributed by atoms with E-state index in [0.29, 0.717) is 12.4 Å². The van der Waals surface area contributed by atoms with Crippen LogP contribution in [0.5, 0.6) is 0 Å². The molecule has 0 aromatic carbocycles. The van der Waals surface area contributed by atoms with Crippen molar-refractivity contribution in [3.8, 4) is 0 Å². The van der Waals surface area contributed by atoms with E-state index in [2.05, 4.69) is 15.5 Å². The maximum Gasteiger partial charge on any atom is 0.264 e. The topological polar surface area (TPSA) is 78.0 Å². The Bertz CT molecular complexity index is 250. The molecule has 1 aromatic rings. The molecule has 11 heavy (non-hydrogen) atoms. The molecule has 0 amide bonds. The van der Waals surface area contributed by atoms with Gasteiger partial charge in [0, 0.05) is 12.6 Å². The normalized spacial score (nSPS) is 9.55. The first kappa shape index (κ1) is 7.74. The van der Waals surface area contributed by atoms with E-state index >= 15 is 0 Å². The van der Waals surface area contributed by atoms with Crippen LogP contribution in [0.15, 0.2) is 16.9 Å². The SMILES string of the molecule is O=c1ccc(NCCO)n[nH]1. The van der Waals surface area contributed by atoms with Crippen molar-refractivity contribution in [3.05, 3.63) is 22.5 Å². The molecule has 0 spiro atoms. The fraction of sp³-hybridized carbons (Fsp3) is 0.333. The van der Waals surface area contributed by atoms with Gasteiger partial charge in [-0.1, -0.05) is 0 Å². The lowest BCUT2D eigenvalue weighted by atomic mass is 10.5. The Labute approximate surface area is 63.1 Å². The second kappa shape index (κ2) is 3.72. The lowest BCUT2D eigenvalue weighted by molar-refractivity contribution is 0.311. The predicted octanol–water partition coefficient (Wildman–Crippen LogP) is -0.826. The van der Waals surface area contributed by atoms with Crippen LogP contribution >= 0.6 is 0 Å².